The summed E-state index contributed by atoms with van der Waals surface area (Å²) in [5, 5.41) is 11.9. The number of methoxy groups -OCH3 is 1. The van der Waals surface area contributed by atoms with Gasteiger partial charge in [0.2, 0.25) is 0 Å². The zero-order valence-corrected chi connectivity index (χ0v) is 12.2. The average Bonchev–Trinajstić information content (AvgIpc) is 2.55. The molecule has 0 saturated carbocycles. The summed E-state index contributed by atoms with van der Waals surface area (Å²) in [5.74, 6) is -2.15. The van der Waals surface area contributed by atoms with Gasteiger partial charge in [-0.15, -0.1) is 0 Å². The average molecular weight is 319 g/mol. The van der Waals surface area contributed by atoms with E-state index in [2.05, 4.69) is 5.32 Å². The van der Waals surface area contributed by atoms with Crippen molar-refractivity contribution in [1.29, 1.82) is 0 Å². The summed E-state index contributed by atoms with van der Waals surface area (Å²) in [4.78, 5) is 23.5. The van der Waals surface area contributed by atoms with Gasteiger partial charge in [0.1, 0.15) is 22.9 Å². The van der Waals surface area contributed by atoms with Gasteiger partial charge in [-0.3, -0.25) is 4.79 Å². The number of carbonyl (C=O) groups excluding carboxylic acids is 2. The van der Waals surface area contributed by atoms with Crippen LogP contribution in [0, 0.1) is 5.82 Å². The van der Waals surface area contributed by atoms with Crippen LogP contribution in [0.25, 0.3) is 0 Å². The largest absolute Gasteiger partial charge is 0.507 e. The number of aromatic hydroxyl groups is 1. The first kappa shape index (κ1) is 16.3. The number of hydrogen-bond donors (Lipinski definition) is 2. The SMILES string of the molecule is COc1ccc(O)c(C(=O)OCC(=O)Nc2ccccc2F)c1. The van der Waals surface area contributed by atoms with E-state index in [4.69, 9.17) is 9.47 Å². The lowest BCUT2D eigenvalue weighted by Gasteiger charge is -2.09. The second-order valence-electron chi connectivity index (χ2n) is 4.49. The maximum absolute atomic E-state index is 13.4. The third kappa shape index (κ3) is 4.19. The van der Waals surface area contributed by atoms with Crippen LogP contribution in [0.4, 0.5) is 10.1 Å². The first-order valence-corrected chi connectivity index (χ1v) is 6.59. The molecule has 6 nitrogen and oxygen atoms in total. The lowest BCUT2D eigenvalue weighted by molar-refractivity contribution is -0.119. The molecule has 23 heavy (non-hydrogen) atoms. The number of halogens is 1. The van der Waals surface area contributed by atoms with Crippen LogP contribution in [0.3, 0.4) is 0 Å². The number of phenolic OH excluding ortho intramolecular Hbond substituents is 1. The van der Waals surface area contributed by atoms with Crippen molar-refractivity contribution in [3.8, 4) is 11.5 Å². The van der Waals surface area contributed by atoms with E-state index < -0.39 is 24.3 Å². The number of anilines is 1. The molecule has 0 spiro atoms. The van der Waals surface area contributed by atoms with E-state index in [1.165, 1.54) is 43.5 Å². The number of phenols is 1. The number of para-hydroxylation sites is 1. The molecular weight excluding hydrogens is 305 g/mol. The van der Waals surface area contributed by atoms with Crippen LogP contribution in [-0.4, -0.2) is 30.7 Å². The molecule has 2 aromatic rings. The normalized spacial score (nSPS) is 10.0. The zero-order valence-electron chi connectivity index (χ0n) is 12.2. The summed E-state index contributed by atoms with van der Waals surface area (Å²) in [7, 11) is 1.41. The summed E-state index contributed by atoms with van der Waals surface area (Å²) in [6, 6.07) is 9.63. The van der Waals surface area contributed by atoms with Crippen LogP contribution in [-0.2, 0) is 9.53 Å². The monoisotopic (exact) mass is 319 g/mol. The standard InChI is InChI=1S/C16H14FNO5/c1-22-10-6-7-14(19)11(8-10)16(21)23-9-15(20)18-13-5-3-2-4-12(13)17/h2-8,19H,9H2,1H3,(H,18,20). The highest BCUT2D eigenvalue weighted by Crippen LogP contribution is 2.23. The molecule has 0 fully saturated rings. The number of rotatable bonds is 5. The highest BCUT2D eigenvalue weighted by Gasteiger charge is 2.16. The molecule has 0 atom stereocenters. The van der Waals surface area contributed by atoms with Gasteiger partial charge in [-0.1, -0.05) is 12.1 Å². The maximum atomic E-state index is 13.4. The number of ether oxygens (including phenoxy) is 2. The van der Waals surface area contributed by atoms with Gasteiger partial charge in [0.15, 0.2) is 6.61 Å². The van der Waals surface area contributed by atoms with Gasteiger partial charge in [-0.05, 0) is 30.3 Å². The second kappa shape index (κ2) is 7.26. The molecule has 2 rings (SSSR count). The smallest absolute Gasteiger partial charge is 0.342 e. The molecule has 0 bridgehead atoms. The Morgan fingerprint density at radius 2 is 1.96 bits per heavy atom. The number of carbonyl (C=O) groups is 2. The maximum Gasteiger partial charge on any atom is 0.342 e. The molecule has 0 aliphatic heterocycles. The minimum Gasteiger partial charge on any atom is -0.507 e. The van der Waals surface area contributed by atoms with Crippen LogP contribution in [0.5, 0.6) is 11.5 Å². The van der Waals surface area contributed by atoms with E-state index in [0.717, 1.165) is 0 Å². The van der Waals surface area contributed by atoms with Crippen molar-refractivity contribution in [2.45, 2.75) is 0 Å². The molecule has 0 radical (unpaired) electrons. The van der Waals surface area contributed by atoms with Crippen LogP contribution < -0.4 is 10.1 Å². The summed E-state index contributed by atoms with van der Waals surface area (Å²) < 4.78 is 23.1. The van der Waals surface area contributed by atoms with Crippen LogP contribution in [0.2, 0.25) is 0 Å². The fourth-order valence-electron chi connectivity index (χ4n) is 1.76. The zero-order chi connectivity index (χ0) is 16.8. The van der Waals surface area contributed by atoms with Gasteiger partial charge < -0.3 is 19.9 Å². The van der Waals surface area contributed by atoms with E-state index in [0.29, 0.717) is 5.75 Å². The molecular formula is C16H14FNO5. The summed E-state index contributed by atoms with van der Waals surface area (Å²) in [6.45, 7) is -0.621. The van der Waals surface area contributed by atoms with Gasteiger partial charge in [0, 0.05) is 0 Å². The van der Waals surface area contributed by atoms with Crippen molar-refractivity contribution in [1.82, 2.24) is 0 Å². The summed E-state index contributed by atoms with van der Waals surface area (Å²) in [5.41, 5.74) is -0.152. The topological polar surface area (TPSA) is 84.9 Å². The predicted molar refractivity (Wildman–Crippen MR) is 80.0 cm³/mol. The number of nitrogens with one attached hydrogen (secondary N) is 1. The molecule has 120 valence electrons. The van der Waals surface area contributed by atoms with Gasteiger partial charge in [0.25, 0.3) is 5.91 Å². The van der Waals surface area contributed by atoms with Crippen LogP contribution in [0.1, 0.15) is 10.4 Å². The Labute approximate surface area is 131 Å². The summed E-state index contributed by atoms with van der Waals surface area (Å²) in [6.07, 6.45) is 0. The van der Waals surface area contributed by atoms with Crippen molar-refractivity contribution < 1.29 is 28.6 Å². The third-order valence-electron chi connectivity index (χ3n) is 2.91. The first-order valence-electron chi connectivity index (χ1n) is 6.59. The Bertz CT molecular complexity index is 732. The van der Waals surface area contributed by atoms with E-state index in [1.54, 1.807) is 6.07 Å². The lowest BCUT2D eigenvalue weighted by atomic mass is 10.2. The highest BCUT2D eigenvalue weighted by molar-refractivity contribution is 5.97. The molecule has 0 heterocycles. The Kier molecular flexibility index (Phi) is 5.14. The van der Waals surface area contributed by atoms with Crippen LogP contribution >= 0.6 is 0 Å². The Morgan fingerprint density at radius 1 is 1.22 bits per heavy atom. The highest BCUT2D eigenvalue weighted by atomic mass is 19.1. The minimum atomic E-state index is -0.898. The van der Waals surface area contributed by atoms with Crippen molar-refractivity contribution in [3.63, 3.8) is 0 Å². The van der Waals surface area contributed by atoms with Gasteiger partial charge >= 0.3 is 5.97 Å². The molecule has 2 aromatic carbocycles. The van der Waals surface area contributed by atoms with Crippen molar-refractivity contribution >= 4 is 17.6 Å². The quantitative estimate of drug-likeness (QED) is 0.826. The lowest BCUT2D eigenvalue weighted by Crippen LogP contribution is -2.21. The van der Waals surface area contributed by atoms with Crippen molar-refractivity contribution in [3.05, 3.63) is 53.8 Å². The first-order chi connectivity index (χ1) is 11.0. The molecule has 0 unspecified atom stereocenters. The molecule has 0 saturated heterocycles. The van der Waals surface area contributed by atoms with Gasteiger partial charge in [0.05, 0.1) is 12.8 Å². The summed E-state index contributed by atoms with van der Waals surface area (Å²) >= 11 is 0. The molecule has 0 aliphatic rings. The number of benzene rings is 2. The fraction of sp³-hybridized carbons (Fsp3) is 0.125. The minimum absolute atomic E-state index is 0.0159. The Morgan fingerprint density at radius 3 is 2.65 bits per heavy atom. The van der Waals surface area contributed by atoms with E-state index >= 15 is 0 Å². The predicted octanol–water partition coefficient (Wildman–Crippen LogP) is 2.34. The fourth-order valence-corrected chi connectivity index (χ4v) is 1.76. The number of hydrogen-bond acceptors (Lipinski definition) is 5. The molecule has 0 aliphatic carbocycles. The Balaban J connectivity index is 1.96. The van der Waals surface area contributed by atoms with Gasteiger partial charge in [-0.2, -0.15) is 0 Å². The van der Waals surface area contributed by atoms with Crippen LogP contribution in [0.15, 0.2) is 42.5 Å². The van der Waals surface area contributed by atoms with Gasteiger partial charge in [-0.25, -0.2) is 9.18 Å². The third-order valence-corrected chi connectivity index (χ3v) is 2.91. The molecule has 1 amide bonds. The van der Waals surface area contributed by atoms with E-state index in [-0.39, 0.29) is 17.0 Å². The van der Waals surface area contributed by atoms with Crippen molar-refractivity contribution in [2.75, 3.05) is 19.0 Å². The molecule has 7 heteroatoms. The molecule has 0 aromatic heterocycles. The Hall–Kier alpha value is -3.09. The van der Waals surface area contributed by atoms with E-state index in [9.17, 15) is 19.1 Å². The number of amides is 1. The second-order valence-corrected chi connectivity index (χ2v) is 4.49. The number of esters is 1. The van der Waals surface area contributed by atoms with E-state index in [1.807, 2.05) is 0 Å². The molecule has 2 N–H and O–H groups in total. The van der Waals surface area contributed by atoms with Crippen molar-refractivity contribution in [2.24, 2.45) is 0 Å².